The van der Waals surface area contributed by atoms with E-state index in [2.05, 4.69) is 44.4 Å². The topological polar surface area (TPSA) is 61.4 Å². The number of carbonyl (C=O) groups is 1. The third kappa shape index (κ3) is 5.54. The van der Waals surface area contributed by atoms with Gasteiger partial charge in [-0.25, -0.2) is 0 Å². The van der Waals surface area contributed by atoms with Gasteiger partial charge >= 0.3 is 0 Å². The molecule has 0 saturated carbocycles. The van der Waals surface area contributed by atoms with Gasteiger partial charge in [0.2, 0.25) is 5.91 Å². The molecule has 31 heavy (non-hydrogen) atoms. The molecule has 2 aliphatic heterocycles. The molecule has 1 aromatic carbocycles. The van der Waals surface area contributed by atoms with Crippen LogP contribution in [0.1, 0.15) is 63.4 Å². The van der Waals surface area contributed by atoms with Crippen molar-refractivity contribution in [3.63, 3.8) is 0 Å². The predicted molar refractivity (Wildman–Crippen MR) is 126 cm³/mol. The van der Waals surface area contributed by atoms with Gasteiger partial charge in [-0.15, -0.1) is 10.2 Å². The summed E-state index contributed by atoms with van der Waals surface area (Å²) in [6, 6.07) is 14.5. The highest BCUT2D eigenvalue weighted by molar-refractivity contribution is 5.83. The Balaban J connectivity index is 1.29. The van der Waals surface area contributed by atoms with Crippen molar-refractivity contribution in [3.8, 4) is 0 Å². The van der Waals surface area contributed by atoms with Gasteiger partial charge in [-0.05, 0) is 49.8 Å². The van der Waals surface area contributed by atoms with E-state index in [1.54, 1.807) is 0 Å². The molecule has 0 unspecified atom stereocenters. The molecule has 3 heterocycles. The molecule has 166 valence electrons. The molecule has 2 aliphatic rings. The average molecular weight is 422 g/mol. The van der Waals surface area contributed by atoms with Gasteiger partial charge in [0, 0.05) is 32.2 Å². The zero-order chi connectivity index (χ0) is 21.5. The second kappa shape index (κ2) is 10.6. The number of aromatic nitrogens is 2. The standard InChI is InChI=1S/C25H35N5O/c1-2-22(20-10-6-5-7-11-20)25(31)26-21-14-18-30(19-15-21)24-13-12-23(27-28-24)29-16-8-3-4-9-17-29/h5-7,10-13,21-22H,2-4,8-9,14-19H2,1H3,(H,26,31)/t22-/m0/s1. The highest BCUT2D eigenvalue weighted by Gasteiger charge is 2.25. The van der Waals surface area contributed by atoms with Crippen LogP contribution in [0, 0.1) is 0 Å². The lowest BCUT2D eigenvalue weighted by Crippen LogP contribution is -2.46. The Bertz CT molecular complexity index is 810. The van der Waals surface area contributed by atoms with Crippen LogP contribution < -0.4 is 15.1 Å². The van der Waals surface area contributed by atoms with Crippen molar-refractivity contribution in [1.82, 2.24) is 15.5 Å². The van der Waals surface area contributed by atoms with Gasteiger partial charge in [-0.1, -0.05) is 50.1 Å². The smallest absolute Gasteiger partial charge is 0.227 e. The molecular formula is C25H35N5O. The lowest BCUT2D eigenvalue weighted by Gasteiger charge is -2.33. The third-order valence-corrected chi connectivity index (χ3v) is 6.66. The first-order valence-electron chi connectivity index (χ1n) is 11.9. The summed E-state index contributed by atoms with van der Waals surface area (Å²) in [7, 11) is 0. The molecule has 0 aliphatic carbocycles. The minimum Gasteiger partial charge on any atom is -0.355 e. The van der Waals surface area contributed by atoms with Crippen LogP contribution in [0.5, 0.6) is 0 Å². The number of rotatable bonds is 6. The number of nitrogens with one attached hydrogen (secondary N) is 1. The maximum Gasteiger partial charge on any atom is 0.227 e. The van der Waals surface area contributed by atoms with Gasteiger partial charge < -0.3 is 15.1 Å². The molecular weight excluding hydrogens is 386 g/mol. The van der Waals surface area contributed by atoms with E-state index in [0.717, 1.165) is 62.6 Å². The first-order chi connectivity index (χ1) is 15.2. The molecule has 1 atom stereocenters. The molecule has 6 nitrogen and oxygen atoms in total. The summed E-state index contributed by atoms with van der Waals surface area (Å²) < 4.78 is 0. The molecule has 2 fully saturated rings. The van der Waals surface area contributed by atoms with Gasteiger partial charge in [0.15, 0.2) is 11.6 Å². The summed E-state index contributed by atoms with van der Waals surface area (Å²) in [4.78, 5) is 17.5. The van der Waals surface area contributed by atoms with Crippen LogP contribution in [0.25, 0.3) is 0 Å². The van der Waals surface area contributed by atoms with E-state index in [4.69, 9.17) is 0 Å². The maximum absolute atomic E-state index is 12.9. The Morgan fingerprint density at radius 3 is 2.03 bits per heavy atom. The van der Waals surface area contributed by atoms with Crippen molar-refractivity contribution < 1.29 is 4.79 Å². The number of hydrogen-bond donors (Lipinski definition) is 1. The molecule has 6 heteroatoms. The fourth-order valence-corrected chi connectivity index (χ4v) is 4.77. The van der Waals surface area contributed by atoms with Crippen LogP contribution in [0.4, 0.5) is 11.6 Å². The van der Waals surface area contributed by atoms with Crippen LogP contribution in [0.15, 0.2) is 42.5 Å². The van der Waals surface area contributed by atoms with E-state index in [0.29, 0.717) is 0 Å². The van der Waals surface area contributed by atoms with Crippen LogP contribution >= 0.6 is 0 Å². The summed E-state index contributed by atoms with van der Waals surface area (Å²) in [5.41, 5.74) is 1.10. The highest BCUT2D eigenvalue weighted by Crippen LogP contribution is 2.23. The second-order valence-electron chi connectivity index (χ2n) is 8.79. The summed E-state index contributed by atoms with van der Waals surface area (Å²) >= 11 is 0. The van der Waals surface area contributed by atoms with Crippen LogP contribution in [0.2, 0.25) is 0 Å². The van der Waals surface area contributed by atoms with E-state index in [9.17, 15) is 4.79 Å². The zero-order valence-electron chi connectivity index (χ0n) is 18.7. The molecule has 1 aromatic heterocycles. The molecule has 2 aromatic rings. The number of amides is 1. The van der Waals surface area contributed by atoms with E-state index < -0.39 is 0 Å². The SMILES string of the molecule is CC[C@H](C(=O)NC1CCN(c2ccc(N3CCCCCC3)nn2)CC1)c1ccccc1. The van der Waals surface area contributed by atoms with Crippen molar-refractivity contribution in [1.29, 1.82) is 0 Å². The first-order valence-corrected chi connectivity index (χ1v) is 11.9. The van der Waals surface area contributed by atoms with Crippen molar-refractivity contribution in [3.05, 3.63) is 48.0 Å². The van der Waals surface area contributed by atoms with Gasteiger partial charge in [0.25, 0.3) is 0 Å². The molecule has 2 saturated heterocycles. The Morgan fingerprint density at radius 1 is 0.903 bits per heavy atom. The fourth-order valence-electron chi connectivity index (χ4n) is 4.77. The van der Waals surface area contributed by atoms with Crippen molar-refractivity contribution in [2.24, 2.45) is 0 Å². The van der Waals surface area contributed by atoms with Gasteiger partial charge in [0.05, 0.1) is 5.92 Å². The highest BCUT2D eigenvalue weighted by atomic mass is 16.1. The van der Waals surface area contributed by atoms with Crippen molar-refractivity contribution in [2.75, 3.05) is 36.0 Å². The lowest BCUT2D eigenvalue weighted by molar-refractivity contribution is -0.123. The maximum atomic E-state index is 12.9. The molecule has 0 spiro atoms. The Labute approximate surface area is 186 Å². The van der Waals surface area contributed by atoms with Crippen LogP contribution in [-0.4, -0.2) is 48.3 Å². The molecule has 4 rings (SSSR count). The number of benzene rings is 1. The van der Waals surface area contributed by atoms with E-state index in [1.807, 2.05) is 30.3 Å². The summed E-state index contributed by atoms with van der Waals surface area (Å²) in [5.74, 6) is 2.02. The van der Waals surface area contributed by atoms with Gasteiger partial charge in [-0.3, -0.25) is 4.79 Å². The first kappa shape index (κ1) is 21.6. The van der Waals surface area contributed by atoms with E-state index in [1.165, 1.54) is 25.7 Å². The molecule has 0 radical (unpaired) electrons. The Kier molecular flexibility index (Phi) is 7.39. The number of anilines is 2. The molecule has 1 N–H and O–H groups in total. The minimum absolute atomic E-state index is 0.0726. The summed E-state index contributed by atoms with van der Waals surface area (Å²) in [5, 5.41) is 12.3. The van der Waals surface area contributed by atoms with E-state index in [-0.39, 0.29) is 17.9 Å². The second-order valence-corrected chi connectivity index (χ2v) is 8.79. The zero-order valence-corrected chi connectivity index (χ0v) is 18.7. The number of hydrogen-bond acceptors (Lipinski definition) is 5. The Hall–Kier alpha value is -2.63. The summed E-state index contributed by atoms with van der Waals surface area (Å²) in [6.07, 6.45) is 7.81. The molecule has 1 amide bonds. The Morgan fingerprint density at radius 2 is 1.48 bits per heavy atom. The predicted octanol–water partition coefficient (Wildman–Crippen LogP) is 4.14. The quantitative estimate of drug-likeness (QED) is 0.760. The van der Waals surface area contributed by atoms with E-state index >= 15 is 0 Å². The normalized spacial score (nSPS) is 19.0. The van der Waals surface area contributed by atoms with Crippen LogP contribution in [-0.2, 0) is 4.79 Å². The lowest BCUT2D eigenvalue weighted by atomic mass is 9.94. The van der Waals surface area contributed by atoms with Crippen molar-refractivity contribution in [2.45, 2.75) is 63.8 Å². The molecule has 0 bridgehead atoms. The number of nitrogens with zero attached hydrogens (tertiary/aromatic N) is 4. The fraction of sp³-hybridized carbons (Fsp3) is 0.560. The average Bonchev–Trinajstić information content (AvgIpc) is 3.11. The van der Waals surface area contributed by atoms with Crippen molar-refractivity contribution >= 4 is 17.5 Å². The monoisotopic (exact) mass is 421 g/mol. The number of carbonyl (C=O) groups excluding carboxylic acids is 1. The number of piperidine rings is 1. The summed E-state index contributed by atoms with van der Waals surface area (Å²) in [6.45, 7) is 6.03. The van der Waals surface area contributed by atoms with Gasteiger partial charge in [-0.2, -0.15) is 0 Å². The third-order valence-electron chi connectivity index (χ3n) is 6.66. The largest absolute Gasteiger partial charge is 0.355 e. The minimum atomic E-state index is -0.0726. The van der Waals surface area contributed by atoms with Crippen LogP contribution in [0.3, 0.4) is 0 Å². The van der Waals surface area contributed by atoms with Gasteiger partial charge in [0.1, 0.15) is 0 Å².